The van der Waals surface area contributed by atoms with Crippen LogP contribution in [-0.4, -0.2) is 31.5 Å². The fourth-order valence-corrected chi connectivity index (χ4v) is 3.42. The van der Waals surface area contributed by atoms with Crippen LogP contribution in [0, 0.1) is 0 Å². The van der Waals surface area contributed by atoms with Gasteiger partial charge in [-0.3, -0.25) is 9.69 Å². The third-order valence-corrected chi connectivity index (χ3v) is 4.48. The number of rotatable bonds is 8. The van der Waals surface area contributed by atoms with Gasteiger partial charge in [0.15, 0.2) is 0 Å². The molecule has 0 saturated carbocycles. The molecule has 2 aromatic rings. The Balaban J connectivity index is 1.77. The fourth-order valence-electron chi connectivity index (χ4n) is 2.26. The zero-order valence-electron chi connectivity index (χ0n) is 13.3. The Morgan fingerprint density at radius 3 is 2.78 bits per heavy atom. The molecule has 23 heavy (non-hydrogen) atoms. The number of carbonyl (C=O) groups excluding carboxylic acids is 1. The largest absolute Gasteiger partial charge is 0.380 e. The first-order valence-corrected chi connectivity index (χ1v) is 8.52. The Hall–Kier alpha value is -1.40. The van der Waals surface area contributed by atoms with Crippen molar-refractivity contribution in [3.05, 3.63) is 56.7 Å². The molecular weight excluding hydrogens is 332 g/mol. The van der Waals surface area contributed by atoms with Crippen LogP contribution < -0.4 is 5.32 Å². The molecule has 1 amide bonds. The highest BCUT2D eigenvalue weighted by Crippen LogP contribution is 2.22. The molecule has 0 aliphatic rings. The Kier molecular flexibility index (Phi) is 7.05. The van der Waals surface area contributed by atoms with Crippen LogP contribution in [-0.2, 0) is 29.2 Å². The third kappa shape index (κ3) is 6.31. The summed E-state index contributed by atoms with van der Waals surface area (Å²) >= 11 is 7.45. The summed E-state index contributed by atoms with van der Waals surface area (Å²) in [5.74, 6) is 0.00676. The molecule has 0 spiro atoms. The van der Waals surface area contributed by atoms with Crippen LogP contribution in [0.2, 0.25) is 4.34 Å². The first kappa shape index (κ1) is 17.9. The summed E-state index contributed by atoms with van der Waals surface area (Å²) in [6.07, 6.45) is 0. The van der Waals surface area contributed by atoms with Crippen molar-refractivity contribution in [2.45, 2.75) is 19.7 Å². The van der Waals surface area contributed by atoms with E-state index in [4.69, 9.17) is 16.3 Å². The molecule has 0 unspecified atom stereocenters. The van der Waals surface area contributed by atoms with Crippen molar-refractivity contribution >= 4 is 28.8 Å². The number of nitrogens with one attached hydrogen (secondary N) is 1. The van der Waals surface area contributed by atoms with E-state index in [0.29, 0.717) is 26.2 Å². The molecule has 124 valence electrons. The molecule has 0 atom stereocenters. The minimum atomic E-state index is 0.00676. The van der Waals surface area contributed by atoms with Crippen LogP contribution in [0.15, 0.2) is 36.4 Å². The standard InChI is InChI=1S/C17H21ClN2O2S/c1-20(10-15-6-7-16(18)23-15)11-17(21)19-9-13-4-3-5-14(8-13)12-22-2/h3-8H,9-12H2,1-2H3,(H,19,21). The molecule has 6 heteroatoms. The van der Waals surface area contributed by atoms with Crippen molar-refractivity contribution in [2.75, 3.05) is 20.7 Å². The second-order valence-corrected chi connectivity index (χ2v) is 7.21. The van der Waals surface area contributed by atoms with Gasteiger partial charge in [-0.05, 0) is 30.3 Å². The van der Waals surface area contributed by atoms with E-state index >= 15 is 0 Å². The SMILES string of the molecule is COCc1cccc(CNC(=O)CN(C)Cc2ccc(Cl)s2)c1. The minimum Gasteiger partial charge on any atom is -0.380 e. The number of hydrogen-bond acceptors (Lipinski definition) is 4. The first-order chi connectivity index (χ1) is 11.1. The van der Waals surface area contributed by atoms with E-state index in [0.717, 1.165) is 20.3 Å². The van der Waals surface area contributed by atoms with Crippen LogP contribution in [0.1, 0.15) is 16.0 Å². The summed E-state index contributed by atoms with van der Waals surface area (Å²) in [6.45, 7) is 2.17. The number of likely N-dealkylation sites (N-methyl/N-ethyl adjacent to an activating group) is 1. The number of carbonyl (C=O) groups is 1. The zero-order valence-corrected chi connectivity index (χ0v) is 14.9. The van der Waals surface area contributed by atoms with Gasteiger partial charge < -0.3 is 10.1 Å². The third-order valence-electron chi connectivity index (χ3n) is 3.26. The monoisotopic (exact) mass is 352 g/mol. The van der Waals surface area contributed by atoms with Crippen molar-refractivity contribution in [3.8, 4) is 0 Å². The van der Waals surface area contributed by atoms with Gasteiger partial charge >= 0.3 is 0 Å². The molecule has 1 N–H and O–H groups in total. The summed E-state index contributed by atoms with van der Waals surface area (Å²) in [5.41, 5.74) is 2.17. The van der Waals surface area contributed by atoms with Crippen molar-refractivity contribution in [2.24, 2.45) is 0 Å². The molecule has 0 bridgehead atoms. The van der Waals surface area contributed by atoms with Crippen molar-refractivity contribution < 1.29 is 9.53 Å². The molecular formula is C17H21ClN2O2S. The van der Waals surface area contributed by atoms with E-state index in [1.165, 1.54) is 11.3 Å². The lowest BCUT2D eigenvalue weighted by Gasteiger charge is -2.15. The maximum Gasteiger partial charge on any atom is 0.234 e. The van der Waals surface area contributed by atoms with Gasteiger partial charge in [0.1, 0.15) is 0 Å². The van der Waals surface area contributed by atoms with Crippen LogP contribution in [0.3, 0.4) is 0 Å². The van der Waals surface area contributed by atoms with E-state index in [1.807, 2.05) is 48.3 Å². The van der Waals surface area contributed by atoms with Gasteiger partial charge in [-0.1, -0.05) is 35.9 Å². The normalized spacial score (nSPS) is 11.0. The molecule has 1 aromatic carbocycles. The number of benzene rings is 1. The second-order valence-electron chi connectivity index (χ2n) is 5.41. The first-order valence-electron chi connectivity index (χ1n) is 7.33. The van der Waals surface area contributed by atoms with E-state index in [1.54, 1.807) is 7.11 Å². The van der Waals surface area contributed by atoms with Gasteiger partial charge in [0.2, 0.25) is 5.91 Å². The average molecular weight is 353 g/mol. The predicted molar refractivity (Wildman–Crippen MR) is 94.7 cm³/mol. The van der Waals surface area contributed by atoms with E-state index < -0.39 is 0 Å². The number of ether oxygens (including phenoxy) is 1. The van der Waals surface area contributed by atoms with Crippen LogP contribution in [0.25, 0.3) is 0 Å². The summed E-state index contributed by atoms with van der Waals surface area (Å²) in [7, 11) is 3.59. The van der Waals surface area contributed by atoms with Crippen molar-refractivity contribution in [1.29, 1.82) is 0 Å². The number of methoxy groups -OCH3 is 1. The average Bonchev–Trinajstić information content (AvgIpc) is 2.91. The quantitative estimate of drug-likeness (QED) is 0.792. The predicted octanol–water partition coefficient (Wildman–Crippen LogP) is 3.30. The van der Waals surface area contributed by atoms with Gasteiger partial charge in [-0.2, -0.15) is 0 Å². The summed E-state index contributed by atoms with van der Waals surface area (Å²) in [5, 5.41) is 2.95. The highest BCUT2D eigenvalue weighted by Gasteiger charge is 2.08. The summed E-state index contributed by atoms with van der Waals surface area (Å²) < 4.78 is 5.89. The zero-order chi connectivity index (χ0) is 16.7. The molecule has 1 aromatic heterocycles. The molecule has 0 aliphatic carbocycles. The lowest BCUT2D eigenvalue weighted by molar-refractivity contribution is -0.122. The number of thiophene rings is 1. The Morgan fingerprint density at radius 1 is 1.30 bits per heavy atom. The van der Waals surface area contributed by atoms with Crippen molar-refractivity contribution in [3.63, 3.8) is 0 Å². The molecule has 1 heterocycles. The van der Waals surface area contributed by atoms with Gasteiger partial charge in [-0.25, -0.2) is 0 Å². The van der Waals surface area contributed by atoms with Crippen LogP contribution in [0.4, 0.5) is 0 Å². The Bertz CT molecular complexity index is 645. The Labute approximate surface area is 146 Å². The number of halogens is 1. The molecule has 2 rings (SSSR count). The molecule has 0 aliphatic heterocycles. The van der Waals surface area contributed by atoms with Gasteiger partial charge in [0.25, 0.3) is 0 Å². The fraction of sp³-hybridized carbons (Fsp3) is 0.353. The second kappa shape index (κ2) is 9.03. The molecule has 0 saturated heterocycles. The number of nitrogens with zero attached hydrogens (tertiary/aromatic N) is 1. The lowest BCUT2D eigenvalue weighted by Crippen LogP contribution is -2.34. The smallest absolute Gasteiger partial charge is 0.234 e. The van der Waals surface area contributed by atoms with Gasteiger partial charge in [0, 0.05) is 25.1 Å². The maximum absolute atomic E-state index is 12.0. The van der Waals surface area contributed by atoms with Crippen LogP contribution >= 0.6 is 22.9 Å². The van der Waals surface area contributed by atoms with E-state index in [9.17, 15) is 4.79 Å². The number of amides is 1. The van der Waals surface area contributed by atoms with Crippen LogP contribution in [0.5, 0.6) is 0 Å². The molecule has 0 radical (unpaired) electrons. The molecule has 0 fully saturated rings. The summed E-state index contributed by atoms with van der Waals surface area (Å²) in [6, 6.07) is 11.9. The van der Waals surface area contributed by atoms with Crippen molar-refractivity contribution in [1.82, 2.24) is 10.2 Å². The summed E-state index contributed by atoms with van der Waals surface area (Å²) in [4.78, 5) is 15.2. The van der Waals surface area contributed by atoms with E-state index in [-0.39, 0.29) is 5.91 Å². The maximum atomic E-state index is 12.0. The van der Waals surface area contributed by atoms with E-state index in [2.05, 4.69) is 5.32 Å². The number of hydrogen-bond donors (Lipinski definition) is 1. The topological polar surface area (TPSA) is 41.6 Å². The van der Waals surface area contributed by atoms with Gasteiger partial charge in [0.05, 0.1) is 17.5 Å². The highest BCUT2D eigenvalue weighted by atomic mass is 35.5. The van der Waals surface area contributed by atoms with Gasteiger partial charge in [-0.15, -0.1) is 11.3 Å². The minimum absolute atomic E-state index is 0.00676. The Morgan fingerprint density at radius 2 is 2.09 bits per heavy atom. The molecule has 4 nitrogen and oxygen atoms in total. The lowest BCUT2D eigenvalue weighted by atomic mass is 10.1. The highest BCUT2D eigenvalue weighted by molar-refractivity contribution is 7.16.